The number of carbonyl (C=O) groups is 4. The van der Waals surface area contributed by atoms with E-state index in [1.807, 2.05) is 19.9 Å². The van der Waals surface area contributed by atoms with Crippen LogP contribution in [0, 0.1) is 37.5 Å². The van der Waals surface area contributed by atoms with Gasteiger partial charge in [-0.25, -0.2) is 4.79 Å². The lowest BCUT2D eigenvalue weighted by Crippen LogP contribution is -2.45. The van der Waals surface area contributed by atoms with E-state index in [4.69, 9.17) is 4.74 Å². The summed E-state index contributed by atoms with van der Waals surface area (Å²) >= 11 is 0. The predicted octanol–water partition coefficient (Wildman–Crippen LogP) is 2.45. The maximum absolute atomic E-state index is 12.8. The highest BCUT2D eigenvalue weighted by Gasteiger charge is 2.62. The minimum absolute atomic E-state index is 0.243. The highest BCUT2D eigenvalue weighted by Crippen LogP contribution is 2.56. The molecule has 6 heteroatoms. The van der Waals surface area contributed by atoms with Crippen LogP contribution in [-0.4, -0.2) is 41.1 Å². The molecule has 4 rings (SSSR count). The highest BCUT2D eigenvalue weighted by atomic mass is 16.5. The van der Waals surface area contributed by atoms with Crippen LogP contribution in [0.25, 0.3) is 0 Å². The van der Waals surface area contributed by atoms with Gasteiger partial charge < -0.3 is 4.74 Å². The number of benzene rings is 1. The highest BCUT2D eigenvalue weighted by molar-refractivity contribution is 6.08. The van der Waals surface area contributed by atoms with Crippen molar-refractivity contribution < 1.29 is 23.9 Å². The minimum atomic E-state index is -1.00. The van der Waals surface area contributed by atoms with E-state index in [0.29, 0.717) is 5.56 Å². The Morgan fingerprint density at radius 1 is 1.07 bits per heavy atom. The minimum Gasteiger partial charge on any atom is -0.456 e. The quantitative estimate of drug-likeness (QED) is 0.443. The maximum Gasteiger partial charge on any atom is 0.329 e. The number of esters is 1. The SMILES string of the molecule is Cc1ccc(C(=O)COC(=O)[C@@H](C)N2C(=O)[C@@H]3[C@@H]4CC[C@@H](C4)[C@@H]3C2=O)cc1C. The van der Waals surface area contributed by atoms with Crippen LogP contribution in [0.1, 0.15) is 47.7 Å². The Labute approximate surface area is 164 Å². The van der Waals surface area contributed by atoms with Crippen LogP contribution in [0.3, 0.4) is 0 Å². The summed E-state index contributed by atoms with van der Waals surface area (Å²) in [5.41, 5.74) is 2.54. The van der Waals surface area contributed by atoms with E-state index in [9.17, 15) is 19.2 Å². The Balaban J connectivity index is 1.40. The Bertz CT molecular complexity index is 848. The van der Waals surface area contributed by atoms with E-state index in [1.165, 1.54) is 6.92 Å². The first-order chi connectivity index (χ1) is 13.3. The number of ketones is 1. The third kappa shape index (κ3) is 2.86. The number of imide groups is 1. The molecule has 1 aliphatic heterocycles. The maximum atomic E-state index is 12.8. The number of nitrogens with zero attached hydrogens (tertiary/aromatic N) is 1. The van der Waals surface area contributed by atoms with E-state index in [0.717, 1.165) is 35.3 Å². The van der Waals surface area contributed by atoms with Crippen LogP contribution in [0.15, 0.2) is 18.2 Å². The van der Waals surface area contributed by atoms with Crippen LogP contribution >= 0.6 is 0 Å². The van der Waals surface area contributed by atoms with Crippen molar-refractivity contribution in [2.75, 3.05) is 6.61 Å². The largest absolute Gasteiger partial charge is 0.456 e. The normalized spacial score (nSPS) is 29.2. The second-order valence-corrected chi connectivity index (χ2v) is 8.44. The summed E-state index contributed by atoms with van der Waals surface area (Å²) in [6, 6.07) is 4.31. The molecule has 0 spiro atoms. The van der Waals surface area contributed by atoms with Crippen molar-refractivity contribution in [2.24, 2.45) is 23.7 Å². The lowest BCUT2D eigenvalue weighted by molar-refractivity contribution is -0.157. The molecule has 2 amide bonds. The van der Waals surface area contributed by atoms with Crippen molar-refractivity contribution in [1.29, 1.82) is 0 Å². The van der Waals surface area contributed by atoms with Gasteiger partial charge in [-0.2, -0.15) is 0 Å². The van der Waals surface area contributed by atoms with E-state index in [-0.39, 0.29) is 41.3 Å². The molecular formula is C22H25NO5. The van der Waals surface area contributed by atoms with Crippen LogP contribution in [0.2, 0.25) is 0 Å². The number of carbonyl (C=O) groups excluding carboxylic acids is 4. The van der Waals surface area contributed by atoms with Gasteiger partial charge in [-0.3, -0.25) is 19.3 Å². The number of fused-ring (bicyclic) bond motifs is 5. The standard InChI is InChI=1S/C22H25NO5/c1-11-4-5-14(8-12(11)2)17(24)10-28-22(27)13(3)23-20(25)18-15-6-7-16(9-15)19(18)21(23)26/h4-5,8,13,15-16,18-19H,6-7,9-10H2,1-3H3/t13-,15-,16+,18-,19+/m1/s1. The Morgan fingerprint density at radius 2 is 1.68 bits per heavy atom. The number of ether oxygens (including phenoxy) is 1. The average Bonchev–Trinajstić information content (AvgIpc) is 3.35. The van der Waals surface area contributed by atoms with Crippen LogP contribution in [0.4, 0.5) is 0 Å². The summed E-state index contributed by atoms with van der Waals surface area (Å²) in [6.45, 7) is 4.97. The number of hydrogen-bond acceptors (Lipinski definition) is 5. The number of amides is 2. The molecule has 1 aromatic carbocycles. The fraction of sp³-hybridized carbons (Fsp3) is 0.545. The zero-order valence-corrected chi connectivity index (χ0v) is 16.4. The smallest absolute Gasteiger partial charge is 0.329 e. The van der Waals surface area contributed by atoms with Gasteiger partial charge in [0.2, 0.25) is 11.8 Å². The summed E-state index contributed by atoms with van der Waals surface area (Å²) in [4.78, 5) is 51.4. The van der Waals surface area contributed by atoms with Crippen molar-refractivity contribution >= 4 is 23.6 Å². The molecule has 2 saturated carbocycles. The molecule has 28 heavy (non-hydrogen) atoms. The number of rotatable bonds is 5. The number of aryl methyl sites for hydroxylation is 2. The molecule has 0 unspecified atom stereocenters. The monoisotopic (exact) mass is 383 g/mol. The Morgan fingerprint density at radius 3 is 2.25 bits per heavy atom. The molecule has 1 heterocycles. The molecular weight excluding hydrogens is 358 g/mol. The van der Waals surface area contributed by atoms with Gasteiger partial charge in [-0.1, -0.05) is 12.1 Å². The molecule has 3 aliphatic rings. The van der Waals surface area contributed by atoms with E-state index in [2.05, 4.69) is 0 Å². The molecule has 0 radical (unpaired) electrons. The molecule has 2 aliphatic carbocycles. The molecule has 6 nitrogen and oxygen atoms in total. The van der Waals surface area contributed by atoms with Gasteiger partial charge in [0, 0.05) is 5.56 Å². The van der Waals surface area contributed by atoms with Crippen LogP contribution < -0.4 is 0 Å². The Kier molecular flexibility index (Phi) is 4.60. The van der Waals surface area contributed by atoms with E-state index >= 15 is 0 Å². The second kappa shape index (κ2) is 6.83. The predicted molar refractivity (Wildman–Crippen MR) is 100 cm³/mol. The summed E-state index contributed by atoms with van der Waals surface area (Å²) in [5, 5.41) is 0. The molecule has 3 fully saturated rings. The van der Waals surface area contributed by atoms with Crippen molar-refractivity contribution in [3.8, 4) is 0 Å². The van der Waals surface area contributed by atoms with E-state index in [1.54, 1.807) is 12.1 Å². The first-order valence-corrected chi connectivity index (χ1v) is 9.93. The first-order valence-electron chi connectivity index (χ1n) is 9.93. The summed E-state index contributed by atoms with van der Waals surface area (Å²) < 4.78 is 5.16. The van der Waals surface area contributed by atoms with Gasteiger partial charge in [0.15, 0.2) is 12.4 Å². The van der Waals surface area contributed by atoms with Crippen molar-refractivity contribution in [1.82, 2.24) is 4.90 Å². The van der Waals surface area contributed by atoms with Crippen LogP contribution in [-0.2, 0) is 19.1 Å². The summed E-state index contributed by atoms with van der Waals surface area (Å²) in [5.74, 6) is -1.50. The molecule has 5 atom stereocenters. The third-order valence-corrected chi connectivity index (χ3v) is 6.86. The van der Waals surface area contributed by atoms with Gasteiger partial charge >= 0.3 is 5.97 Å². The fourth-order valence-corrected chi connectivity index (χ4v) is 5.17. The number of likely N-dealkylation sites (tertiary alicyclic amines) is 1. The van der Waals surface area contributed by atoms with Gasteiger partial charge in [0.1, 0.15) is 6.04 Å². The lowest BCUT2D eigenvalue weighted by Gasteiger charge is -2.23. The molecule has 148 valence electrons. The third-order valence-electron chi connectivity index (χ3n) is 6.86. The van der Waals surface area contributed by atoms with Gasteiger partial charge in [-0.05, 0) is 69.1 Å². The topological polar surface area (TPSA) is 80.8 Å². The summed E-state index contributed by atoms with van der Waals surface area (Å²) in [6.07, 6.45) is 2.92. The first kappa shape index (κ1) is 18.8. The zero-order valence-electron chi connectivity index (χ0n) is 16.4. The van der Waals surface area contributed by atoms with Gasteiger partial charge in [0.25, 0.3) is 0 Å². The summed E-state index contributed by atoms with van der Waals surface area (Å²) in [7, 11) is 0. The lowest BCUT2D eigenvalue weighted by atomic mass is 9.81. The Hall–Kier alpha value is -2.50. The fourth-order valence-electron chi connectivity index (χ4n) is 5.17. The molecule has 1 saturated heterocycles. The number of hydrogen-bond donors (Lipinski definition) is 0. The molecule has 0 aromatic heterocycles. The second-order valence-electron chi connectivity index (χ2n) is 8.44. The zero-order chi connectivity index (χ0) is 20.2. The van der Waals surface area contributed by atoms with Crippen molar-refractivity contribution in [2.45, 2.75) is 46.1 Å². The average molecular weight is 383 g/mol. The van der Waals surface area contributed by atoms with Crippen molar-refractivity contribution in [3.05, 3.63) is 34.9 Å². The van der Waals surface area contributed by atoms with Crippen LogP contribution in [0.5, 0.6) is 0 Å². The van der Waals surface area contributed by atoms with Gasteiger partial charge in [-0.15, -0.1) is 0 Å². The molecule has 0 N–H and O–H groups in total. The van der Waals surface area contributed by atoms with E-state index < -0.39 is 18.6 Å². The van der Waals surface area contributed by atoms with Gasteiger partial charge in [0.05, 0.1) is 11.8 Å². The number of Topliss-reactive ketones (excluding diaryl/α,β-unsaturated/α-hetero) is 1. The van der Waals surface area contributed by atoms with Crippen molar-refractivity contribution in [3.63, 3.8) is 0 Å². The molecule has 1 aromatic rings. The molecule has 2 bridgehead atoms.